The predicted molar refractivity (Wildman–Crippen MR) is 101 cm³/mol. The van der Waals surface area contributed by atoms with Crippen molar-refractivity contribution in [3.05, 3.63) is 77.3 Å². The highest BCUT2D eigenvalue weighted by Gasteiger charge is 2.15. The SMILES string of the molecule is O=c1cc[nH]c2nc(-c3ccccc3)c(-c3ccc4nc[nH]c4c3)nc12. The largest absolute Gasteiger partial charge is 0.345 e. The number of imidazole rings is 1. The van der Waals surface area contributed by atoms with Gasteiger partial charge >= 0.3 is 0 Å². The van der Waals surface area contributed by atoms with Gasteiger partial charge in [0.1, 0.15) is 0 Å². The standard InChI is InChI=1S/C20H13N5O/c26-16-8-9-21-20-19(16)24-18(17(25-20)12-4-2-1-3-5-12)13-6-7-14-15(10-13)23-11-22-14/h1-11H,(H,22,23)(H,21,25,26). The number of pyridine rings is 1. The lowest BCUT2D eigenvalue weighted by molar-refractivity contribution is 1.22. The Hall–Kier alpha value is -3.80. The van der Waals surface area contributed by atoms with Gasteiger partial charge in [0, 0.05) is 23.4 Å². The molecule has 0 fully saturated rings. The molecule has 0 saturated carbocycles. The smallest absolute Gasteiger partial charge is 0.209 e. The van der Waals surface area contributed by atoms with Gasteiger partial charge in [0.05, 0.1) is 28.7 Å². The van der Waals surface area contributed by atoms with E-state index in [-0.39, 0.29) is 5.43 Å². The van der Waals surface area contributed by atoms with Crippen molar-refractivity contribution >= 4 is 22.2 Å². The van der Waals surface area contributed by atoms with Crippen LogP contribution in [0.5, 0.6) is 0 Å². The lowest BCUT2D eigenvalue weighted by Crippen LogP contribution is -2.06. The van der Waals surface area contributed by atoms with Crippen LogP contribution in [-0.2, 0) is 0 Å². The summed E-state index contributed by atoms with van der Waals surface area (Å²) in [5.74, 6) is 0. The summed E-state index contributed by atoms with van der Waals surface area (Å²) in [6, 6.07) is 17.1. The molecule has 0 amide bonds. The molecule has 5 aromatic rings. The highest BCUT2D eigenvalue weighted by atomic mass is 16.1. The summed E-state index contributed by atoms with van der Waals surface area (Å²) in [7, 11) is 0. The van der Waals surface area contributed by atoms with E-state index in [4.69, 9.17) is 4.98 Å². The van der Waals surface area contributed by atoms with Crippen molar-refractivity contribution in [3.8, 4) is 22.5 Å². The summed E-state index contributed by atoms with van der Waals surface area (Å²) in [5, 5.41) is 0. The van der Waals surface area contributed by atoms with Crippen LogP contribution in [0.4, 0.5) is 0 Å². The van der Waals surface area contributed by atoms with Gasteiger partial charge in [0.15, 0.2) is 11.2 Å². The molecule has 0 atom stereocenters. The van der Waals surface area contributed by atoms with Gasteiger partial charge in [0.25, 0.3) is 0 Å². The van der Waals surface area contributed by atoms with Crippen LogP contribution in [0.25, 0.3) is 44.7 Å². The Morgan fingerprint density at radius 3 is 2.54 bits per heavy atom. The van der Waals surface area contributed by atoms with Crippen molar-refractivity contribution in [3.63, 3.8) is 0 Å². The number of aromatic nitrogens is 5. The maximum atomic E-state index is 12.2. The van der Waals surface area contributed by atoms with Crippen LogP contribution in [0.2, 0.25) is 0 Å². The number of hydrogen-bond acceptors (Lipinski definition) is 4. The molecule has 0 aliphatic rings. The van der Waals surface area contributed by atoms with Gasteiger partial charge in [-0.1, -0.05) is 36.4 Å². The summed E-state index contributed by atoms with van der Waals surface area (Å²) in [4.78, 5) is 32.0. The molecule has 0 bridgehead atoms. The second-order valence-corrected chi connectivity index (χ2v) is 5.96. The molecule has 0 saturated heterocycles. The maximum Gasteiger partial charge on any atom is 0.209 e. The van der Waals surface area contributed by atoms with Crippen LogP contribution in [0.1, 0.15) is 0 Å². The molecule has 5 rings (SSSR count). The lowest BCUT2D eigenvalue weighted by Gasteiger charge is -2.10. The van der Waals surface area contributed by atoms with E-state index in [2.05, 4.69) is 19.9 Å². The quantitative estimate of drug-likeness (QED) is 0.515. The molecule has 0 aliphatic heterocycles. The van der Waals surface area contributed by atoms with Crippen molar-refractivity contribution in [2.24, 2.45) is 0 Å². The second-order valence-electron chi connectivity index (χ2n) is 5.96. The molecule has 6 nitrogen and oxygen atoms in total. The molecule has 0 spiro atoms. The fourth-order valence-electron chi connectivity index (χ4n) is 3.06. The van der Waals surface area contributed by atoms with E-state index in [9.17, 15) is 4.79 Å². The van der Waals surface area contributed by atoms with E-state index in [0.717, 1.165) is 27.9 Å². The maximum absolute atomic E-state index is 12.2. The van der Waals surface area contributed by atoms with Gasteiger partial charge in [-0.25, -0.2) is 15.0 Å². The van der Waals surface area contributed by atoms with E-state index >= 15 is 0 Å². The molecule has 0 radical (unpaired) electrons. The Balaban J connectivity index is 1.86. The van der Waals surface area contributed by atoms with Gasteiger partial charge in [-0.3, -0.25) is 4.79 Å². The summed E-state index contributed by atoms with van der Waals surface area (Å²) in [6.07, 6.45) is 3.24. The average molecular weight is 339 g/mol. The van der Waals surface area contributed by atoms with Crippen molar-refractivity contribution < 1.29 is 0 Å². The number of hydrogen-bond donors (Lipinski definition) is 2. The first-order chi connectivity index (χ1) is 12.8. The Kier molecular flexibility index (Phi) is 3.15. The van der Waals surface area contributed by atoms with Gasteiger partial charge in [-0.2, -0.15) is 0 Å². The molecular weight excluding hydrogens is 326 g/mol. The normalized spacial score (nSPS) is 11.2. The predicted octanol–water partition coefficient (Wildman–Crippen LogP) is 3.53. The Morgan fingerprint density at radius 1 is 0.808 bits per heavy atom. The van der Waals surface area contributed by atoms with Crippen molar-refractivity contribution in [2.75, 3.05) is 0 Å². The first-order valence-electron chi connectivity index (χ1n) is 8.18. The zero-order valence-corrected chi connectivity index (χ0v) is 13.6. The first-order valence-corrected chi connectivity index (χ1v) is 8.18. The summed E-state index contributed by atoms with van der Waals surface area (Å²) >= 11 is 0. The van der Waals surface area contributed by atoms with Gasteiger partial charge in [-0.05, 0) is 12.1 Å². The minimum atomic E-state index is -0.158. The van der Waals surface area contributed by atoms with E-state index in [1.54, 1.807) is 12.5 Å². The number of H-pyrrole nitrogens is 2. The molecule has 0 aliphatic carbocycles. The Morgan fingerprint density at radius 2 is 1.65 bits per heavy atom. The van der Waals surface area contributed by atoms with Crippen LogP contribution in [0.15, 0.2) is 71.9 Å². The fraction of sp³-hybridized carbons (Fsp3) is 0. The zero-order valence-electron chi connectivity index (χ0n) is 13.6. The molecule has 0 unspecified atom stereocenters. The van der Waals surface area contributed by atoms with Gasteiger partial charge < -0.3 is 9.97 Å². The van der Waals surface area contributed by atoms with Gasteiger partial charge in [-0.15, -0.1) is 0 Å². The van der Waals surface area contributed by atoms with Crippen LogP contribution in [0, 0.1) is 0 Å². The minimum Gasteiger partial charge on any atom is -0.345 e. The van der Waals surface area contributed by atoms with Crippen LogP contribution < -0.4 is 5.43 Å². The topological polar surface area (TPSA) is 87.3 Å². The Labute approximate surface area is 147 Å². The minimum absolute atomic E-state index is 0.158. The van der Waals surface area contributed by atoms with Gasteiger partial charge in [0.2, 0.25) is 5.43 Å². The number of nitrogens with zero attached hydrogens (tertiary/aromatic N) is 3. The van der Waals surface area contributed by atoms with Crippen molar-refractivity contribution in [1.82, 2.24) is 24.9 Å². The third-order valence-electron chi connectivity index (χ3n) is 4.32. The number of nitrogens with one attached hydrogen (secondary N) is 2. The summed E-state index contributed by atoms with van der Waals surface area (Å²) < 4.78 is 0. The molecule has 3 heterocycles. The highest BCUT2D eigenvalue weighted by Crippen LogP contribution is 2.31. The third kappa shape index (κ3) is 2.28. The monoisotopic (exact) mass is 339 g/mol. The highest BCUT2D eigenvalue weighted by molar-refractivity contribution is 5.88. The Bertz CT molecular complexity index is 1300. The number of benzene rings is 2. The molecule has 6 heteroatoms. The molecule has 2 aromatic carbocycles. The van der Waals surface area contributed by atoms with Crippen molar-refractivity contribution in [1.29, 1.82) is 0 Å². The molecule has 3 aromatic heterocycles. The van der Waals surface area contributed by atoms with Crippen LogP contribution in [-0.4, -0.2) is 24.9 Å². The fourth-order valence-corrected chi connectivity index (χ4v) is 3.06. The van der Waals surface area contributed by atoms with E-state index in [1.165, 1.54) is 6.07 Å². The van der Waals surface area contributed by atoms with Crippen LogP contribution in [0.3, 0.4) is 0 Å². The first kappa shape index (κ1) is 14.5. The van der Waals surface area contributed by atoms with E-state index in [0.29, 0.717) is 16.9 Å². The molecule has 124 valence electrons. The van der Waals surface area contributed by atoms with Crippen LogP contribution >= 0.6 is 0 Å². The number of rotatable bonds is 2. The third-order valence-corrected chi connectivity index (χ3v) is 4.32. The second kappa shape index (κ2) is 5.63. The lowest BCUT2D eigenvalue weighted by atomic mass is 10.0. The zero-order chi connectivity index (χ0) is 17.5. The van der Waals surface area contributed by atoms with E-state index < -0.39 is 0 Å². The van der Waals surface area contributed by atoms with E-state index in [1.807, 2.05) is 48.5 Å². The number of aromatic amines is 2. The summed E-state index contributed by atoms with van der Waals surface area (Å²) in [5.41, 5.74) is 5.62. The van der Waals surface area contributed by atoms with Crippen molar-refractivity contribution in [2.45, 2.75) is 0 Å². The number of fused-ring (bicyclic) bond motifs is 2. The average Bonchev–Trinajstić information content (AvgIpc) is 3.16. The summed E-state index contributed by atoms with van der Waals surface area (Å²) in [6.45, 7) is 0. The molecule has 26 heavy (non-hydrogen) atoms. The molecular formula is C20H13N5O. The molecule has 2 N–H and O–H groups in total.